The van der Waals surface area contributed by atoms with Crippen LogP contribution in [-0.4, -0.2) is 28.1 Å². The predicted octanol–water partition coefficient (Wildman–Crippen LogP) is 2.46. The molecule has 0 spiro atoms. The molecule has 1 aromatic heterocycles. The van der Waals surface area contributed by atoms with Gasteiger partial charge in [-0.15, -0.1) is 0 Å². The third-order valence-corrected chi connectivity index (χ3v) is 2.74. The van der Waals surface area contributed by atoms with E-state index in [0.29, 0.717) is 0 Å². The molecule has 0 saturated carbocycles. The Bertz CT molecular complexity index is 247. The molecule has 1 N–H and O–H groups in total. The topological polar surface area (TPSA) is 29.9 Å². The third-order valence-electron chi connectivity index (χ3n) is 2.05. The molecule has 0 amide bonds. The lowest BCUT2D eigenvalue weighted by molar-refractivity contribution is 0.639. The SMILES string of the molecule is CCNc1nccn1CCCCSC. The average molecular weight is 213 g/mol. The summed E-state index contributed by atoms with van der Waals surface area (Å²) < 4.78 is 2.18. The van der Waals surface area contributed by atoms with Gasteiger partial charge in [0.1, 0.15) is 0 Å². The fraction of sp³-hybridized carbons (Fsp3) is 0.700. The number of aromatic nitrogens is 2. The molecule has 0 aliphatic carbocycles. The van der Waals surface area contributed by atoms with Crippen molar-refractivity contribution in [3.8, 4) is 0 Å². The van der Waals surface area contributed by atoms with Gasteiger partial charge < -0.3 is 9.88 Å². The van der Waals surface area contributed by atoms with Gasteiger partial charge in [-0.1, -0.05) is 0 Å². The number of anilines is 1. The highest BCUT2D eigenvalue weighted by molar-refractivity contribution is 7.98. The standard InChI is InChI=1S/C10H19N3S/c1-3-11-10-12-6-8-13(10)7-4-5-9-14-2/h6,8H,3-5,7,9H2,1-2H3,(H,11,12). The molecule has 4 heteroatoms. The van der Waals surface area contributed by atoms with Crippen molar-refractivity contribution in [3.05, 3.63) is 12.4 Å². The van der Waals surface area contributed by atoms with Crippen LogP contribution in [0.1, 0.15) is 19.8 Å². The van der Waals surface area contributed by atoms with Gasteiger partial charge >= 0.3 is 0 Å². The van der Waals surface area contributed by atoms with E-state index in [1.54, 1.807) is 0 Å². The van der Waals surface area contributed by atoms with Gasteiger partial charge in [-0.3, -0.25) is 0 Å². The van der Waals surface area contributed by atoms with Gasteiger partial charge in [0.2, 0.25) is 5.95 Å². The van der Waals surface area contributed by atoms with Crippen LogP contribution in [0.4, 0.5) is 5.95 Å². The first-order chi connectivity index (χ1) is 6.88. The summed E-state index contributed by atoms with van der Waals surface area (Å²) in [6.07, 6.45) is 8.56. The number of rotatable bonds is 7. The summed E-state index contributed by atoms with van der Waals surface area (Å²) in [6.45, 7) is 4.09. The van der Waals surface area contributed by atoms with Crippen LogP contribution in [0.25, 0.3) is 0 Å². The van der Waals surface area contributed by atoms with E-state index < -0.39 is 0 Å². The first-order valence-electron chi connectivity index (χ1n) is 5.12. The number of aryl methyl sites for hydroxylation is 1. The third kappa shape index (κ3) is 3.62. The highest BCUT2D eigenvalue weighted by atomic mass is 32.2. The largest absolute Gasteiger partial charge is 0.356 e. The van der Waals surface area contributed by atoms with Crippen molar-refractivity contribution in [2.45, 2.75) is 26.3 Å². The molecule has 0 atom stereocenters. The van der Waals surface area contributed by atoms with Crippen LogP contribution in [0.3, 0.4) is 0 Å². The van der Waals surface area contributed by atoms with Gasteiger partial charge in [0.25, 0.3) is 0 Å². The minimum Gasteiger partial charge on any atom is -0.356 e. The molecule has 80 valence electrons. The van der Waals surface area contributed by atoms with E-state index in [9.17, 15) is 0 Å². The Morgan fingerprint density at radius 1 is 1.50 bits per heavy atom. The lowest BCUT2D eigenvalue weighted by Gasteiger charge is -2.07. The summed E-state index contributed by atoms with van der Waals surface area (Å²) in [6, 6.07) is 0. The maximum absolute atomic E-state index is 4.25. The molecule has 0 saturated heterocycles. The van der Waals surface area contributed by atoms with E-state index >= 15 is 0 Å². The zero-order chi connectivity index (χ0) is 10.2. The van der Waals surface area contributed by atoms with Crippen molar-refractivity contribution in [2.75, 3.05) is 23.9 Å². The molecule has 3 nitrogen and oxygen atoms in total. The van der Waals surface area contributed by atoms with Crippen molar-refractivity contribution in [1.82, 2.24) is 9.55 Å². The van der Waals surface area contributed by atoms with E-state index in [1.165, 1.54) is 18.6 Å². The Balaban J connectivity index is 2.30. The number of nitrogens with one attached hydrogen (secondary N) is 1. The highest BCUT2D eigenvalue weighted by Gasteiger charge is 1.99. The quantitative estimate of drug-likeness (QED) is 0.706. The Kier molecular flexibility index (Phi) is 5.52. The zero-order valence-corrected chi connectivity index (χ0v) is 9.81. The molecule has 0 bridgehead atoms. The first kappa shape index (κ1) is 11.4. The van der Waals surface area contributed by atoms with Gasteiger partial charge in [0.15, 0.2) is 0 Å². The number of thioether (sulfide) groups is 1. The second-order valence-corrected chi connectivity index (χ2v) is 4.16. The Hall–Kier alpha value is -0.640. The van der Waals surface area contributed by atoms with E-state index in [4.69, 9.17) is 0 Å². The van der Waals surface area contributed by atoms with Crippen molar-refractivity contribution >= 4 is 17.7 Å². The fourth-order valence-electron chi connectivity index (χ4n) is 1.34. The highest BCUT2D eigenvalue weighted by Crippen LogP contribution is 2.07. The normalized spacial score (nSPS) is 10.4. The van der Waals surface area contributed by atoms with Crippen molar-refractivity contribution < 1.29 is 0 Å². The van der Waals surface area contributed by atoms with Crippen LogP contribution < -0.4 is 5.32 Å². The number of unbranched alkanes of at least 4 members (excludes halogenated alkanes) is 1. The summed E-state index contributed by atoms with van der Waals surface area (Å²) in [5.41, 5.74) is 0. The Morgan fingerprint density at radius 3 is 3.07 bits per heavy atom. The summed E-state index contributed by atoms with van der Waals surface area (Å²) in [5, 5.41) is 3.24. The number of imidazole rings is 1. The molecule has 1 heterocycles. The molecule has 14 heavy (non-hydrogen) atoms. The molecular weight excluding hydrogens is 194 g/mol. The molecular formula is C10H19N3S. The minimum absolute atomic E-state index is 0.932. The monoisotopic (exact) mass is 213 g/mol. The van der Waals surface area contributed by atoms with Crippen molar-refractivity contribution in [3.63, 3.8) is 0 Å². The smallest absolute Gasteiger partial charge is 0.202 e. The van der Waals surface area contributed by atoms with Gasteiger partial charge in [0.05, 0.1) is 0 Å². The van der Waals surface area contributed by atoms with Crippen molar-refractivity contribution in [2.24, 2.45) is 0 Å². The number of hydrogen-bond donors (Lipinski definition) is 1. The van der Waals surface area contributed by atoms with Gasteiger partial charge in [-0.25, -0.2) is 4.98 Å². The fourth-order valence-corrected chi connectivity index (χ4v) is 1.84. The zero-order valence-electron chi connectivity index (χ0n) is 8.99. The maximum Gasteiger partial charge on any atom is 0.202 e. The summed E-state index contributed by atoms with van der Waals surface area (Å²) in [5.74, 6) is 2.25. The molecule has 0 aromatic carbocycles. The Labute approximate surface area is 90.3 Å². The van der Waals surface area contributed by atoms with E-state index in [2.05, 4.69) is 28.0 Å². The van der Waals surface area contributed by atoms with E-state index in [0.717, 1.165) is 19.0 Å². The molecule has 0 radical (unpaired) electrons. The lowest BCUT2D eigenvalue weighted by atomic mass is 10.3. The molecule has 0 aliphatic heterocycles. The molecule has 0 unspecified atom stereocenters. The average Bonchev–Trinajstić information content (AvgIpc) is 2.61. The Morgan fingerprint density at radius 2 is 2.36 bits per heavy atom. The summed E-state index contributed by atoms with van der Waals surface area (Å²) in [4.78, 5) is 4.25. The summed E-state index contributed by atoms with van der Waals surface area (Å²) >= 11 is 1.91. The van der Waals surface area contributed by atoms with Crippen LogP contribution in [0, 0.1) is 0 Å². The first-order valence-corrected chi connectivity index (χ1v) is 6.51. The molecule has 0 aliphatic rings. The van der Waals surface area contributed by atoms with Gasteiger partial charge in [0, 0.05) is 25.5 Å². The second kappa shape index (κ2) is 6.76. The maximum atomic E-state index is 4.25. The van der Waals surface area contributed by atoms with Gasteiger partial charge in [-0.05, 0) is 31.8 Å². The lowest BCUT2D eigenvalue weighted by Crippen LogP contribution is -2.06. The van der Waals surface area contributed by atoms with Crippen LogP contribution >= 0.6 is 11.8 Å². The van der Waals surface area contributed by atoms with Crippen LogP contribution in [0.2, 0.25) is 0 Å². The summed E-state index contributed by atoms with van der Waals surface area (Å²) in [7, 11) is 0. The van der Waals surface area contributed by atoms with Crippen LogP contribution in [0.15, 0.2) is 12.4 Å². The molecule has 0 fully saturated rings. The van der Waals surface area contributed by atoms with E-state index in [1.807, 2.05) is 24.2 Å². The van der Waals surface area contributed by atoms with E-state index in [-0.39, 0.29) is 0 Å². The van der Waals surface area contributed by atoms with Crippen molar-refractivity contribution in [1.29, 1.82) is 0 Å². The second-order valence-electron chi connectivity index (χ2n) is 3.17. The predicted molar refractivity (Wildman–Crippen MR) is 64.0 cm³/mol. The van der Waals surface area contributed by atoms with Gasteiger partial charge in [-0.2, -0.15) is 11.8 Å². The number of nitrogens with zero attached hydrogens (tertiary/aromatic N) is 2. The molecule has 1 aromatic rings. The van der Waals surface area contributed by atoms with Crippen LogP contribution in [-0.2, 0) is 6.54 Å². The number of hydrogen-bond acceptors (Lipinski definition) is 3. The minimum atomic E-state index is 0.932. The molecule has 1 rings (SSSR count). The van der Waals surface area contributed by atoms with Crippen LogP contribution in [0.5, 0.6) is 0 Å².